The van der Waals surface area contributed by atoms with Crippen molar-refractivity contribution in [3.05, 3.63) is 29.3 Å². The van der Waals surface area contributed by atoms with Crippen LogP contribution >= 0.6 is 0 Å². The van der Waals surface area contributed by atoms with Crippen LogP contribution in [0.25, 0.3) is 0 Å². The van der Waals surface area contributed by atoms with Gasteiger partial charge in [0.1, 0.15) is 5.75 Å². The van der Waals surface area contributed by atoms with Gasteiger partial charge in [0.2, 0.25) is 0 Å². The fraction of sp³-hybridized carbons (Fsp3) is 0.500. The van der Waals surface area contributed by atoms with Gasteiger partial charge in [-0.2, -0.15) is 0 Å². The average Bonchev–Trinajstić information content (AvgIpc) is 2.81. The zero-order chi connectivity index (χ0) is 14.7. The van der Waals surface area contributed by atoms with E-state index in [2.05, 4.69) is 0 Å². The standard InChI is InChI=1S/C16H21NO3/c1-4-17(5-2)16(19)11(3)20-13-7-8-14-12(10-13)6-9-15(14)18/h7-8,10-11H,4-6,9H2,1-3H3. The Balaban J connectivity index is 2.07. The first-order valence-electron chi connectivity index (χ1n) is 7.18. The molecule has 0 N–H and O–H groups in total. The zero-order valence-electron chi connectivity index (χ0n) is 12.3. The van der Waals surface area contributed by atoms with E-state index in [-0.39, 0.29) is 11.7 Å². The van der Waals surface area contributed by atoms with Crippen LogP contribution in [0.4, 0.5) is 0 Å². The van der Waals surface area contributed by atoms with Crippen LogP contribution in [0, 0.1) is 0 Å². The molecule has 0 bridgehead atoms. The summed E-state index contributed by atoms with van der Waals surface area (Å²) in [4.78, 5) is 25.5. The topological polar surface area (TPSA) is 46.6 Å². The maximum absolute atomic E-state index is 12.1. The van der Waals surface area contributed by atoms with Gasteiger partial charge in [0, 0.05) is 25.1 Å². The van der Waals surface area contributed by atoms with Crippen molar-refractivity contribution in [2.75, 3.05) is 13.1 Å². The third-order valence-electron chi connectivity index (χ3n) is 3.73. The van der Waals surface area contributed by atoms with Gasteiger partial charge in [-0.15, -0.1) is 0 Å². The summed E-state index contributed by atoms with van der Waals surface area (Å²) in [6.45, 7) is 7.03. The first-order valence-corrected chi connectivity index (χ1v) is 7.18. The molecule has 1 unspecified atom stereocenters. The Morgan fingerprint density at radius 2 is 2.00 bits per heavy atom. The van der Waals surface area contributed by atoms with Crippen LogP contribution in [0.3, 0.4) is 0 Å². The number of amides is 1. The van der Waals surface area contributed by atoms with E-state index in [1.54, 1.807) is 24.0 Å². The molecule has 1 aliphatic rings. The highest BCUT2D eigenvalue weighted by Crippen LogP contribution is 2.26. The summed E-state index contributed by atoms with van der Waals surface area (Å²) >= 11 is 0. The number of ketones is 1. The number of rotatable bonds is 5. The average molecular weight is 275 g/mol. The Hall–Kier alpha value is -1.84. The molecular formula is C16H21NO3. The van der Waals surface area contributed by atoms with Gasteiger partial charge in [-0.1, -0.05) is 0 Å². The Labute approximate surface area is 119 Å². The third-order valence-corrected chi connectivity index (χ3v) is 3.73. The molecule has 1 aliphatic carbocycles. The number of ether oxygens (including phenoxy) is 1. The van der Waals surface area contributed by atoms with Crippen molar-refractivity contribution in [1.29, 1.82) is 0 Å². The van der Waals surface area contributed by atoms with E-state index in [1.807, 2.05) is 19.9 Å². The molecule has 0 radical (unpaired) electrons. The lowest BCUT2D eigenvalue weighted by atomic mass is 10.1. The number of hydrogen-bond donors (Lipinski definition) is 0. The van der Waals surface area contributed by atoms with Crippen molar-refractivity contribution >= 4 is 11.7 Å². The number of Topliss-reactive ketones (excluding diaryl/α,β-unsaturated/α-hetero) is 1. The first-order chi connectivity index (χ1) is 9.56. The van der Waals surface area contributed by atoms with E-state index in [9.17, 15) is 9.59 Å². The number of likely N-dealkylation sites (N-methyl/N-ethyl adjacent to an activating group) is 1. The van der Waals surface area contributed by atoms with E-state index >= 15 is 0 Å². The first kappa shape index (κ1) is 14.6. The lowest BCUT2D eigenvalue weighted by molar-refractivity contribution is -0.137. The minimum absolute atomic E-state index is 0.00780. The van der Waals surface area contributed by atoms with E-state index in [0.29, 0.717) is 25.3 Å². The highest BCUT2D eigenvalue weighted by molar-refractivity contribution is 6.00. The molecule has 1 aromatic rings. The molecule has 0 fully saturated rings. The monoisotopic (exact) mass is 275 g/mol. The van der Waals surface area contributed by atoms with Gasteiger partial charge in [-0.05, 0) is 51.0 Å². The zero-order valence-corrected chi connectivity index (χ0v) is 12.3. The summed E-state index contributed by atoms with van der Waals surface area (Å²) in [5, 5.41) is 0. The highest BCUT2D eigenvalue weighted by atomic mass is 16.5. The lowest BCUT2D eigenvalue weighted by Crippen LogP contribution is -2.40. The fourth-order valence-corrected chi connectivity index (χ4v) is 2.55. The van der Waals surface area contributed by atoms with Crippen LogP contribution in [-0.2, 0) is 11.2 Å². The van der Waals surface area contributed by atoms with Gasteiger partial charge in [-0.25, -0.2) is 0 Å². The van der Waals surface area contributed by atoms with Gasteiger partial charge in [0.05, 0.1) is 0 Å². The molecule has 4 nitrogen and oxygen atoms in total. The maximum Gasteiger partial charge on any atom is 0.263 e. The van der Waals surface area contributed by atoms with E-state index in [4.69, 9.17) is 4.74 Å². The predicted molar refractivity (Wildman–Crippen MR) is 77.1 cm³/mol. The van der Waals surface area contributed by atoms with Crippen molar-refractivity contribution in [3.8, 4) is 5.75 Å². The molecule has 0 aromatic heterocycles. The second kappa shape index (κ2) is 6.07. The molecule has 20 heavy (non-hydrogen) atoms. The quantitative estimate of drug-likeness (QED) is 0.829. The number of nitrogens with zero attached hydrogens (tertiary/aromatic N) is 1. The van der Waals surface area contributed by atoms with E-state index in [0.717, 1.165) is 17.5 Å². The van der Waals surface area contributed by atoms with Gasteiger partial charge in [0.25, 0.3) is 5.91 Å². The van der Waals surface area contributed by atoms with Gasteiger partial charge < -0.3 is 9.64 Å². The summed E-state index contributed by atoms with van der Waals surface area (Å²) in [5.41, 5.74) is 1.81. The Morgan fingerprint density at radius 3 is 2.65 bits per heavy atom. The number of carbonyl (C=O) groups is 2. The molecular weight excluding hydrogens is 254 g/mol. The summed E-state index contributed by atoms with van der Waals surface area (Å²) in [5.74, 6) is 0.844. The number of fused-ring (bicyclic) bond motifs is 1. The molecule has 2 rings (SSSR count). The second-order valence-electron chi connectivity index (χ2n) is 5.01. The van der Waals surface area contributed by atoms with Crippen molar-refractivity contribution in [3.63, 3.8) is 0 Å². The van der Waals surface area contributed by atoms with Gasteiger partial charge in [0.15, 0.2) is 11.9 Å². The number of benzene rings is 1. The predicted octanol–water partition coefficient (Wildman–Crippen LogP) is 2.45. The third kappa shape index (κ3) is 2.84. The maximum atomic E-state index is 12.1. The number of aryl methyl sites for hydroxylation is 1. The summed E-state index contributed by atoms with van der Waals surface area (Å²) < 4.78 is 5.72. The molecule has 1 amide bonds. The molecule has 108 valence electrons. The van der Waals surface area contributed by atoms with Gasteiger partial charge >= 0.3 is 0 Å². The van der Waals surface area contributed by atoms with Crippen LogP contribution in [0.1, 0.15) is 43.1 Å². The molecule has 0 heterocycles. The smallest absolute Gasteiger partial charge is 0.263 e. The van der Waals surface area contributed by atoms with Crippen LogP contribution < -0.4 is 4.74 Å². The lowest BCUT2D eigenvalue weighted by Gasteiger charge is -2.23. The summed E-state index contributed by atoms with van der Waals surface area (Å²) in [6.07, 6.45) is 0.834. The van der Waals surface area contributed by atoms with Crippen molar-refractivity contribution in [2.45, 2.75) is 39.7 Å². The normalized spacial score (nSPS) is 14.8. The van der Waals surface area contributed by atoms with Crippen molar-refractivity contribution in [1.82, 2.24) is 4.90 Å². The minimum atomic E-state index is -0.509. The largest absolute Gasteiger partial charge is 0.481 e. The molecule has 1 aromatic carbocycles. The molecule has 0 saturated heterocycles. The van der Waals surface area contributed by atoms with Crippen LogP contribution in [0.15, 0.2) is 18.2 Å². The van der Waals surface area contributed by atoms with Crippen molar-refractivity contribution in [2.24, 2.45) is 0 Å². The highest BCUT2D eigenvalue weighted by Gasteiger charge is 2.22. The second-order valence-corrected chi connectivity index (χ2v) is 5.01. The molecule has 1 atom stereocenters. The summed E-state index contributed by atoms with van der Waals surface area (Å²) in [7, 11) is 0. The number of carbonyl (C=O) groups excluding carboxylic acids is 2. The van der Waals surface area contributed by atoms with Gasteiger partial charge in [-0.3, -0.25) is 9.59 Å². The molecule has 0 spiro atoms. The van der Waals surface area contributed by atoms with E-state index in [1.165, 1.54) is 0 Å². The molecule has 0 aliphatic heterocycles. The SMILES string of the molecule is CCN(CC)C(=O)C(C)Oc1ccc2c(c1)CCC2=O. The Morgan fingerprint density at radius 1 is 1.30 bits per heavy atom. The minimum Gasteiger partial charge on any atom is -0.481 e. The van der Waals surface area contributed by atoms with Crippen molar-refractivity contribution < 1.29 is 14.3 Å². The van der Waals surface area contributed by atoms with Crippen LogP contribution in [-0.4, -0.2) is 35.8 Å². The fourth-order valence-electron chi connectivity index (χ4n) is 2.55. The molecule has 0 saturated carbocycles. The summed E-state index contributed by atoms with van der Waals surface area (Å²) in [6, 6.07) is 5.45. The Bertz CT molecular complexity index is 520. The van der Waals surface area contributed by atoms with Crippen LogP contribution in [0.5, 0.6) is 5.75 Å². The van der Waals surface area contributed by atoms with E-state index < -0.39 is 6.10 Å². The number of hydrogen-bond acceptors (Lipinski definition) is 3. The van der Waals surface area contributed by atoms with Crippen LogP contribution in [0.2, 0.25) is 0 Å². The Kier molecular flexibility index (Phi) is 4.42. The molecule has 4 heteroatoms.